The topological polar surface area (TPSA) is 65.0 Å². The summed E-state index contributed by atoms with van der Waals surface area (Å²) in [7, 11) is 2.95. The standard InChI is InChI=1S/C19H26O5/c1-15(19(21)23-3)18(20)8-6-4-5-7-13-24-14-16-9-11-17(22-2)12-10-16/h9-12,15,18,20H,5,7-8,13-14H2,1-3H3/t15-,18-/m0/s1. The van der Waals surface area contributed by atoms with Gasteiger partial charge in [-0.25, -0.2) is 0 Å². The fourth-order valence-corrected chi connectivity index (χ4v) is 1.96. The van der Waals surface area contributed by atoms with E-state index < -0.39 is 18.0 Å². The minimum Gasteiger partial charge on any atom is -0.497 e. The summed E-state index contributed by atoms with van der Waals surface area (Å²) in [5, 5.41) is 9.79. The lowest BCUT2D eigenvalue weighted by Gasteiger charge is -2.13. The summed E-state index contributed by atoms with van der Waals surface area (Å²) < 4.78 is 15.3. The molecule has 24 heavy (non-hydrogen) atoms. The molecule has 0 saturated carbocycles. The molecule has 0 fully saturated rings. The maximum Gasteiger partial charge on any atom is 0.311 e. The van der Waals surface area contributed by atoms with Gasteiger partial charge in [-0.3, -0.25) is 4.79 Å². The lowest BCUT2D eigenvalue weighted by Crippen LogP contribution is -2.26. The Hall–Kier alpha value is -2.03. The van der Waals surface area contributed by atoms with Gasteiger partial charge in [0.2, 0.25) is 0 Å². The van der Waals surface area contributed by atoms with Crippen molar-refractivity contribution in [2.45, 2.75) is 38.9 Å². The number of rotatable bonds is 9. The molecule has 0 saturated heterocycles. The maximum atomic E-state index is 11.3. The van der Waals surface area contributed by atoms with E-state index in [4.69, 9.17) is 9.47 Å². The molecule has 0 aliphatic rings. The van der Waals surface area contributed by atoms with Crippen LogP contribution in [0.4, 0.5) is 0 Å². The number of aliphatic hydroxyl groups excluding tert-OH is 1. The summed E-state index contributed by atoms with van der Waals surface area (Å²) in [6.45, 7) is 2.82. The van der Waals surface area contributed by atoms with Crippen molar-refractivity contribution in [3.63, 3.8) is 0 Å². The first-order valence-corrected chi connectivity index (χ1v) is 8.00. The molecule has 0 amide bonds. The smallest absolute Gasteiger partial charge is 0.311 e. The van der Waals surface area contributed by atoms with Gasteiger partial charge in [0.25, 0.3) is 0 Å². The van der Waals surface area contributed by atoms with E-state index >= 15 is 0 Å². The minimum absolute atomic E-state index is 0.267. The van der Waals surface area contributed by atoms with Gasteiger partial charge in [0.1, 0.15) is 5.75 Å². The van der Waals surface area contributed by atoms with Gasteiger partial charge in [-0.15, -0.1) is 11.8 Å². The minimum atomic E-state index is -0.795. The largest absolute Gasteiger partial charge is 0.497 e. The van der Waals surface area contributed by atoms with E-state index in [1.807, 2.05) is 24.3 Å². The number of hydrogen-bond donors (Lipinski definition) is 1. The Balaban J connectivity index is 2.12. The van der Waals surface area contributed by atoms with Crippen molar-refractivity contribution < 1.29 is 24.1 Å². The van der Waals surface area contributed by atoms with Crippen LogP contribution in [-0.4, -0.2) is 38.0 Å². The van der Waals surface area contributed by atoms with E-state index in [-0.39, 0.29) is 6.42 Å². The molecule has 1 rings (SSSR count). The molecule has 0 aliphatic heterocycles. The molecule has 5 heteroatoms. The highest BCUT2D eigenvalue weighted by molar-refractivity contribution is 5.72. The third-order valence-corrected chi connectivity index (χ3v) is 3.60. The van der Waals surface area contributed by atoms with E-state index in [0.29, 0.717) is 19.6 Å². The normalized spacial score (nSPS) is 12.7. The molecule has 0 aliphatic carbocycles. The number of methoxy groups -OCH3 is 2. The zero-order valence-corrected chi connectivity index (χ0v) is 14.6. The number of benzene rings is 1. The van der Waals surface area contributed by atoms with Gasteiger partial charge in [-0.1, -0.05) is 12.1 Å². The monoisotopic (exact) mass is 334 g/mol. The summed E-state index contributed by atoms with van der Waals surface area (Å²) in [6.07, 6.45) is 0.993. The quantitative estimate of drug-likeness (QED) is 0.427. The van der Waals surface area contributed by atoms with Crippen LogP contribution in [0.25, 0.3) is 0 Å². The molecule has 0 unspecified atom stereocenters. The summed E-state index contributed by atoms with van der Waals surface area (Å²) in [5.74, 6) is 5.73. The van der Waals surface area contributed by atoms with E-state index in [1.165, 1.54) is 7.11 Å². The summed E-state index contributed by atoms with van der Waals surface area (Å²) in [5.41, 5.74) is 1.10. The highest BCUT2D eigenvalue weighted by atomic mass is 16.5. The van der Waals surface area contributed by atoms with Crippen LogP contribution in [0.15, 0.2) is 24.3 Å². The fraction of sp³-hybridized carbons (Fsp3) is 0.526. The van der Waals surface area contributed by atoms with Crippen LogP contribution < -0.4 is 4.74 Å². The second-order valence-corrected chi connectivity index (χ2v) is 5.44. The molecule has 132 valence electrons. The third-order valence-electron chi connectivity index (χ3n) is 3.60. The van der Waals surface area contributed by atoms with Crippen molar-refractivity contribution in [2.24, 2.45) is 5.92 Å². The second kappa shape index (κ2) is 11.5. The van der Waals surface area contributed by atoms with E-state index in [9.17, 15) is 9.90 Å². The first-order chi connectivity index (χ1) is 11.6. The fourth-order valence-electron chi connectivity index (χ4n) is 1.96. The maximum absolute atomic E-state index is 11.3. The zero-order chi connectivity index (χ0) is 17.8. The molecule has 1 aromatic carbocycles. The first-order valence-electron chi connectivity index (χ1n) is 8.00. The molecule has 2 atom stereocenters. The van der Waals surface area contributed by atoms with Gasteiger partial charge in [-0.05, 0) is 31.0 Å². The lowest BCUT2D eigenvalue weighted by atomic mass is 10.0. The molecule has 0 spiro atoms. The molecule has 1 aromatic rings. The Morgan fingerprint density at radius 3 is 2.54 bits per heavy atom. The van der Waals surface area contributed by atoms with Gasteiger partial charge < -0.3 is 19.3 Å². The summed E-state index contributed by atoms with van der Waals surface area (Å²) in [4.78, 5) is 11.3. The number of hydrogen-bond acceptors (Lipinski definition) is 5. The Morgan fingerprint density at radius 1 is 1.21 bits per heavy atom. The van der Waals surface area contributed by atoms with Crippen LogP contribution >= 0.6 is 0 Å². The summed E-state index contributed by atoms with van der Waals surface area (Å²) >= 11 is 0. The van der Waals surface area contributed by atoms with E-state index in [0.717, 1.165) is 17.7 Å². The Labute approximate surface area is 143 Å². The highest BCUT2D eigenvalue weighted by Crippen LogP contribution is 2.12. The van der Waals surface area contributed by atoms with Crippen molar-refractivity contribution in [1.29, 1.82) is 0 Å². The molecular weight excluding hydrogens is 308 g/mol. The second-order valence-electron chi connectivity index (χ2n) is 5.44. The molecule has 1 N–H and O–H groups in total. The zero-order valence-electron chi connectivity index (χ0n) is 14.6. The number of ether oxygens (including phenoxy) is 3. The van der Waals surface area contributed by atoms with Gasteiger partial charge in [0, 0.05) is 19.4 Å². The van der Waals surface area contributed by atoms with Gasteiger partial charge in [0.15, 0.2) is 0 Å². The van der Waals surface area contributed by atoms with E-state index in [2.05, 4.69) is 16.6 Å². The number of carbonyl (C=O) groups excluding carboxylic acids is 1. The van der Waals surface area contributed by atoms with Crippen LogP contribution in [0.2, 0.25) is 0 Å². The predicted octanol–water partition coefficient (Wildman–Crippen LogP) is 2.56. The number of aliphatic hydroxyl groups is 1. The summed E-state index contributed by atoms with van der Waals surface area (Å²) in [6, 6.07) is 7.76. The number of unbranched alkanes of at least 4 members (excludes halogenated alkanes) is 1. The average molecular weight is 334 g/mol. The molecule has 0 bridgehead atoms. The molecule has 5 nitrogen and oxygen atoms in total. The number of carbonyl (C=O) groups is 1. The molecule has 0 radical (unpaired) electrons. The van der Waals surface area contributed by atoms with Crippen molar-refractivity contribution in [2.75, 3.05) is 20.8 Å². The van der Waals surface area contributed by atoms with Crippen molar-refractivity contribution in [1.82, 2.24) is 0 Å². The van der Waals surface area contributed by atoms with Crippen molar-refractivity contribution in [3.05, 3.63) is 29.8 Å². The molecule has 0 aromatic heterocycles. The van der Waals surface area contributed by atoms with Gasteiger partial charge in [-0.2, -0.15) is 0 Å². The van der Waals surface area contributed by atoms with Crippen molar-refractivity contribution in [3.8, 4) is 17.6 Å². The molecular formula is C19H26O5. The first kappa shape index (κ1) is 20.0. The molecule has 0 heterocycles. The van der Waals surface area contributed by atoms with Gasteiger partial charge >= 0.3 is 5.97 Å². The third kappa shape index (κ3) is 7.49. The van der Waals surface area contributed by atoms with Crippen LogP contribution in [0.3, 0.4) is 0 Å². The van der Waals surface area contributed by atoms with Crippen LogP contribution in [0.5, 0.6) is 5.75 Å². The predicted molar refractivity (Wildman–Crippen MR) is 91.5 cm³/mol. The number of esters is 1. The SMILES string of the molecule is COC(=O)[C@@H](C)[C@@H](O)CC#CCCCOCc1ccc(OC)cc1. The van der Waals surface area contributed by atoms with Crippen LogP contribution in [0, 0.1) is 17.8 Å². The Kier molecular flexibility index (Phi) is 9.59. The average Bonchev–Trinajstić information content (AvgIpc) is 2.62. The van der Waals surface area contributed by atoms with Gasteiger partial charge in [0.05, 0.1) is 32.8 Å². The Morgan fingerprint density at radius 2 is 1.92 bits per heavy atom. The highest BCUT2D eigenvalue weighted by Gasteiger charge is 2.21. The van der Waals surface area contributed by atoms with Crippen LogP contribution in [-0.2, 0) is 20.9 Å². The van der Waals surface area contributed by atoms with E-state index in [1.54, 1.807) is 14.0 Å². The van der Waals surface area contributed by atoms with Crippen LogP contribution in [0.1, 0.15) is 31.7 Å². The Bertz CT molecular complexity index is 541. The van der Waals surface area contributed by atoms with Crippen molar-refractivity contribution >= 4 is 5.97 Å². The lowest BCUT2D eigenvalue weighted by molar-refractivity contribution is -0.148.